The van der Waals surface area contributed by atoms with Gasteiger partial charge in [-0.15, -0.1) is 0 Å². The molecule has 1 atom stereocenters. The predicted octanol–water partition coefficient (Wildman–Crippen LogP) is 4.57. The Morgan fingerprint density at radius 2 is 1.41 bits per heavy atom. The quantitative estimate of drug-likeness (QED) is 0.820. The Kier molecular flexibility index (Phi) is 4.64. The van der Waals surface area contributed by atoms with E-state index in [4.69, 9.17) is 9.05 Å². The largest absolute Gasteiger partial charge is 0.508 e. The zero-order valence-corrected chi connectivity index (χ0v) is 14.1. The van der Waals surface area contributed by atoms with Gasteiger partial charge in [-0.05, 0) is 35.4 Å². The first-order valence-corrected chi connectivity index (χ1v) is 8.96. The highest BCUT2D eigenvalue weighted by Crippen LogP contribution is 2.43. The van der Waals surface area contributed by atoms with Gasteiger partial charge in [-0.2, -0.15) is 0 Å². The molecule has 0 bridgehead atoms. The van der Waals surface area contributed by atoms with Crippen LogP contribution in [0.5, 0.6) is 11.5 Å². The van der Waals surface area contributed by atoms with Crippen molar-refractivity contribution in [2.45, 2.75) is 19.3 Å². The van der Waals surface area contributed by atoms with Gasteiger partial charge >= 0.3 is 7.60 Å². The lowest BCUT2D eigenvalue weighted by Crippen LogP contribution is -2.18. The highest BCUT2D eigenvalue weighted by atomic mass is 31.2. The Labute approximate surface area is 131 Å². The zero-order valence-electron chi connectivity index (χ0n) is 13.2. The minimum absolute atomic E-state index is 0.219. The highest BCUT2D eigenvalue weighted by Gasteiger charge is 2.23. The lowest BCUT2D eigenvalue weighted by atomic mass is 9.78. The van der Waals surface area contributed by atoms with Crippen LogP contribution in [0.3, 0.4) is 0 Å². The van der Waals surface area contributed by atoms with E-state index in [1.165, 1.54) is 13.8 Å². The molecule has 22 heavy (non-hydrogen) atoms. The first-order chi connectivity index (χ1) is 10.2. The van der Waals surface area contributed by atoms with Gasteiger partial charge in [0.2, 0.25) is 0 Å². The van der Waals surface area contributed by atoms with Crippen LogP contribution in [0.15, 0.2) is 48.5 Å². The van der Waals surface area contributed by atoms with Crippen molar-refractivity contribution in [2.24, 2.45) is 0 Å². The molecule has 2 rings (SSSR count). The van der Waals surface area contributed by atoms with Gasteiger partial charge in [0, 0.05) is 19.2 Å². The number of rotatable bonds is 5. The van der Waals surface area contributed by atoms with Crippen LogP contribution in [-0.2, 0) is 14.5 Å². The fraction of sp³-hybridized carbons (Fsp3) is 0.294. The first kappa shape index (κ1) is 16.6. The van der Waals surface area contributed by atoms with Crippen molar-refractivity contribution in [1.82, 2.24) is 0 Å². The fourth-order valence-corrected chi connectivity index (χ4v) is 2.79. The highest BCUT2D eigenvalue weighted by molar-refractivity contribution is 7.53. The van der Waals surface area contributed by atoms with Gasteiger partial charge in [-0.1, -0.05) is 38.1 Å². The van der Waals surface area contributed by atoms with Gasteiger partial charge in [0.15, 0.2) is 0 Å². The number of hydrogen-bond acceptors (Lipinski definition) is 4. The van der Waals surface area contributed by atoms with E-state index < -0.39 is 7.60 Å². The molecule has 0 saturated heterocycles. The van der Waals surface area contributed by atoms with Crippen molar-refractivity contribution < 1.29 is 18.7 Å². The molecule has 1 unspecified atom stereocenters. The van der Waals surface area contributed by atoms with Gasteiger partial charge in [-0.3, -0.25) is 0 Å². The third-order valence-electron chi connectivity index (χ3n) is 3.77. The SMILES string of the molecule is COP(C)(=O)Oc1ccc(C(C)(C)c2ccc(O)cc2)cc1. The van der Waals surface area contributed by atoms with Crippen LogP contribution in [0.25, 0.3) is 0 Å². The summed E-state index contributed by atoms with van der Waals surface area (Å²) in [5.41, 5.74) is 1.97. The molecule has 0 aliphatic carbocycles. The molecule has 0 aliphatic heterocycles. The summed E-state index contributed by atoms with van der Waals surface area (Å²) in [6.07, 6.45) is 0. The molecule has 0 saturated carbocycles. The van der Waals surface area contributed by atoms with Crippen LogP contribution in [-0.4, -0.2) is 18.9 Å². The van der Waals surface area contributed by atoms with Gasteiger partial charge < -0.3 is 14.2 Å². The van der Waals surface area contributed by atoms with Crippen LogP contribution < -0.4 is 4.52 Å². The lowest BCUT2D eigenvalue weighted by molar-refractivity contribution is 0.328. The van der Waals surface area contributed by atoms with Crippen molar-refractivity contribution >= 4 is 7.60 Å². The Morgan fingerprint density at radius 3 is 1.86 bits per heavy atom. The van der Waals surface area contributed by atoms with E-state index in [0.29, 0.717) is 5.75 Å². The molecule has 118 valence electrons. The Bertz CT molecular complexity index is 675. The molecule has 0 aliphatic rings. The van der Waals surface area contributed by atoms with Crippen molar-refractivity contribution in [2.75, 3.05) is 13.8 Å². The molecule has 1 N–H and O–H groups in total. The van der Waals surface area contributed by atoms with E-state index in [9.17, 15) is 9.67 Å². The fourth-order valence-electron chi connectivity index (χ4n) is 2.21. The Hall–Kier alpha value is -1.77. The average Bonchev–Trinajstić information content (AvgIpc) is 2.48. The number of benzene rings is 2. The summed E-state index contributed by atoms with van der Waals surface area (Å²) in [5.74, 6) is 0.763. The summed E-state index contributed by atoms with van der Waals surface area (Å²) >= 11 is 0. The van der Waals surface area contributed by atoms with Crippen LogP contribution in [0, 0.1) is 0 Å². The molecule has 0 fully saturated rings. The second kappa shape index (κ2) is 6.15. The minimum Gasteiger partial charge on any atom is -0.508 e. The summed E-state index contributed by atoms with van der Waals surface area (Å²) in [6, 6.07) is 14.6. The van der Waals surface area contributed by atoms with E-state index in [0.717, 1.165) is 11.1 Å². The van der Waals surface area contributed by atoms with Gasteiger partial charge in [0.25, 0.3) is 0 Å². The minimum atomic E-state index is -3.04. The molecule has 0 amide bonds. The molecule has 2 aromatic rings. The van der Waals surface area contributed by atoms with E-state index in [-0.39, 0.29) is 11.2 Å². The molecule has 5 heteroatoms. The smallest absolute Gasteiger partial charge is 0.375 e. The number of hydrogen-bond donors (Lipinski definition) is 1. The summed E-state index contributed by atoms with van der Waals surface area (Å²) in [7, 11) is -1.68. The summed E-state index contributed by atoms with van der Waals surface area (Å²) in [6.45, 7) is 5.64. The molecule has 4 nitrogen and oxygen atoms in total. The standard InChI is InChI=1S/C17H21O4P/c1-17(2,13-5-9-15(18)10-6-13)14-7-11-16(12-8-14)21-22(4,19)20-3/h5-12,18H,1-4H3. The van der Waals surface area contributed by atoms with Crippen molar-refractivity contribution in [1.29, 1.82) is 0 Å². The molecule has 0 heterocycles. The third-order valence-corrected chi connectivity index (χ3v) is 4.97. The van der Waals surface area contributed by atoms with Crippen LogP contribution >= 0.6 is 7.60 Å². The summed E-state index contributed by atoms with van der Waals surface area (Å²) < 4.78 is 22.0. The topological polar surface area (TPSA) is 55.8 Å². The number of aromatic hydroxyl groups is 1. The second-order valence-corrected chi connectivity index (χ2v) is 7.83. The zero-order chi connectivity index (χ0) is 16.4. The van der Waals surface area contributed by atoms with E-state index in [1.54, 1.807) is 24.3 Å². The lowest BCUT2D eigenvalue weighted by Gasteiger charge is -2.26. The maximum atomic E-state index is 11.8. The normalized spacial score (nSPS) is 14.4. The van der Waals surface area contributed by atoms with E-state index >= 15 is 0 Å². The predicted molar refractivity (Wildman–Crippen MR) is 87.8 cm³/mol. The van der Waals surface area contributed by atoms with Crippen molar-refractivity contribution in [3.05, 3.63) is 59.7 Å². The van der Waals surface area contributed by atoms with Gasteiger partial charge in [-0.25, -0.2) is 4.57 Å². The molecular formula is C17H21O4P. The Morgan fingerprint density at radius 1 is 0.955 bits per heavy atom. The molecule has 0 spiro atoms. The van der Waals surface area contributed by atoms with E-state index in [2.05, 4.69) is 13.8 Å². The third kappa shape index (κ3) is 3.70. The van der Waals surface area contributed by atoms with Crippen LogP contribution in [0.2, 0.25) is 0 Å². The van der Waals surface area contributed by atoms with Crippen molar-refractivity contribution in [3.63, 3.8) is 0 Å². The summed E-state index contributed by atoms with van der Waals surface area (Å²) in [4.78, 5) is 0. The molecular weight excluding hydrogens is 299 g/mol. The van der Waals surface area contributed by atoms with E-state index in [1.807, 2.05) is 24.3 Å². The van der Waals surface area contributed by atoms with Crippen LogP contribution in [0.4, 0.5) is 0 Å². The first-order valence-electron chi connectivity index (χ1n) is 6.97. The van der Waals surface area contributed by atoms with Gasteiger partial charge in [0.05, 0.1) is 0 Å². The monoisotopic (exact) mass is 320 g/mol. The van der Waals surface area contributed by atoms with Gasteiger partial charge in [0.1, 0.15) is 11.5 Å². The summed E-state index contributed by atoms with van der Waals surface area (Å²) in [5, 5.41) is 9.41. The number of phenolic OH excluding ortho intramolecular Hbond substituents is 1. The van der Waals surface area contributed by atoms with Crippen LogP contribution in [0.1, 0.15) is 25.0 Å². The molecule has 0 aromatic heterocycles. The average molecular weight is 320 g/mol. The molecule has 2 aromatic carbocycles. The maximum Gasteiger partial charge on any atom is 0.375 e. The molecule has 0 radical (unpaired) electrons. The van der Waals surface area contributed by atoms with Crippen molar-refractivity contribution in [3.8, 4) is 11.5 Å². The number of phenols is 1. The Balaban J connectivity index is 2.25. The maximum absolute atomic E-state index is 11.8. The second-order valence-electron chi connectivity index (χ2n) is 5.74.